The lowest BCUT2D eigenvalue weighted by Gasteiger charge is -2.07. The zero-order valence-corrected chi connectivity index (χ0v) is 12.8. The molecule has 0 unspecified atom stereocenters. The van der Waals surface area contributed by atoms with Gasteiger partial charge in [0.05, 0.1) is 17.6 Å². The van der Waals surface area contributed by atoms with E-state index in [9.17, 15) is 9.90 Å². The zero-order valence-electron chi connectivity index (χ0n) is 12.0. The van der Waals surface area contributed by atoms with Gasteiger partial charge < -0.3 is 5.11 Å². The standard InChI is InChI=1S/C14H11ClN6O2/c1-8-18-20-21(19-8)7-12-13(14(22)23)16-6-11(17-12)9-2-4-10(15)5-3-9/h2-6H,7H2,1H3,(H,22,23). The Bertz CT molecular complexity index is 862. The van der Waals surface area contributed by atoms with Gasteiger partial charge in [0.25, 0.3) is 0 Å². The smallest absolute Gasteiger partial charge is 0.356 e. The second-order valence-corrected chi connectivity index (χ2v) is 5.17. The Morgan fingerprint density at radius 1 is 1.30 bits per heavy atom. The first-order valence-electron chi connectivity index (χ1n) is 6.62. The van der Waals surface area contributed by atoms with Crippen molar-refractivity contribution in [2.24, 2.45) is 0 Å². The van der Waals surface area contributed by atoms with Crippen molar-refractivity contribution in [2.45, 2.75) is 13.5 Å². The fraction of sp³-hybridized carbons (Fsp3) is 0.143. The summed E-state index contributed by atoms with van der Waals surface area (Å²) in [6.07, 6.45) is 1.41. The molecule has 8 nitrogen and oxygen atoms in total. The molecule has 1 aromatic carbocycles. The molecule has 0 atom stereocenters. The summed E-state index contributed by atoms with van der Waals surface area (Å²) in [6, 6.07) is 7.03. The Morgan fingerprint density at radius 3 is 2.65 bits per heavy atom. The third-order valence-corrected chi connectivity index (χ3v) is 3.28. The van der Waals surface area contributed by atoms with Crippen molar-refractivity contribution < 1.29 is 9.90 Å². The number of nitrogens with zero attached hydrogens (tertiary/aromatic N) is 6. The molecule has 0 saturated heterocycles. The van der Waals surface area contributed by atoms with E-state index in [4.69, 9.17) is 11.6 Å². The zero-order chi connectivity index (χ0) is 16.4. The molecule has 2 heterocycles. The van der Waals surface area contributed by atoms with Crippen molar-refractivity contribution in [1.82, 2.24) is 30.2 Å². The van der Waals surface area contributed by atoms with Gasteiger partial charge in [-0.2, -0.15) is 4.80 Å². The van der Waals surface area contributed by atoms with Gasteiger partial charge >= 0.3 is 5.97 Å². The lowest BCUT2D eigenvalue weighted by molar-refractivity contribution is 0.0688. The van der Waals surface area contributed by atoms with E-state index in [1.165, 1.54) is 11.0 Å². The van der Waals surface area contributed by atoms with Crippen LogP contribution >= 0.6 is 11.6 Å². The number of hydrogen-bond acceptors (Lipinski definition) is 6. The molecule has 2 aromatic heterocycles. The molecule has 3 aromatic rings. The summed E-state index contributed by atoms with van der Waals surface area (Å²) in [5, 5.41) is 21.5. The number of carboxylic acids is 1. The number of benzene rings is 1. The summed E-state index contributed by atoms with van der Waals surface area (Å²) in [5.74, 6) is -0.671. The molecule has 0 radical (unpaired) electrons. The van der Waals surface area contributed by atoms with Crippen LogP contribution in [0.15, 0.2) is 30.5 Å². The number of halogens is 1. The molecule has 23 heavy (non-hydrogen) atoms. The second-order valence-electron chi connectivity index (χ2n) is 4.73. The molecule has 0 amide bonds. The van der Waals surface area contributed by atoms with Crippen molar-refractivity contribution in [1.29, 1.82) is 0 Å². The number of carboxylic acid groups (broad SMARTS) is 1. The molecule has 3 rings (SSSR count). The Morgan fingerprint density at radius 2 is 2.04 bits per heavy atom. The maximum absolute atomic E-state index is 11.3. The Labute approximate surface area is 135 Å². The SMILES string of the molecule is Cc1nnn(Cc2nc(-c3ccc(Cl)cc3)cnc2C(=O)O)n1. The largest absolute Gasteiger partial charge is 0.476 e. The molecule has 0 aliphatic carbocycles. The van der Waals surface area contributed by atoms with Crippen LogP contribution in [-0.4, -0.2) is 41.3 Å². The minimum Gasteiger partial charge on any atom is -0.476 e. The summed E-state index contributed by atoms with van der Waals surface area (Å²) in [6.45, 7) is 1.76. The van der Waals surface area contributed by atoms with Gasteiger partial charge in [0, 0.05) is 10.6 Å². The summed E-state index contributed by atoms with van der Waals surface area (Å²) < 4.78 is 0. The van der Waals surface area contributed by atoms with Crippen molar-refractivity contribution in [3.05, 3.63) is 52.7 Å². The van der Waals surface area contributed by atoms with Crippen molar-refractivity contribution in [2.75, 3.05) is 0 Å². The number of aromatic nitrogens is 6. The van der Waals surface area contributed by atoms with Crippen LogP contribution in [-0.2, 0) is 6.54 Å². The number of rotatable bonds is 4. The van der Waals surface area contributed by atoms with Gasteiger partial charge in [-0.25, -0.2) is 14.8 Å². The lowest BCUT2D eigenvalue weighted by atomic mass is 10.1. The monoisotopic (exact) mass is 330 g/mol. The van der Waals surface area contributed by atoms with E-state index in [1.807, 2.05) is 0 Å². The maximum Gasteiger partial charge on any atom is 0.356 e. The van der Waals surface area contributed by atoms with Crippen LogP contribution in [0.4, 0.5) is 0 Å². The third kappa shape index (κ3) is 3.32. The van der Waals surface area contributed by atoms with Crippen molar-refractivity contribution in [3.63, 3.8) is 0 Å². The fourth-order valence-corrected chi connectivity index (χ4v) is 2.13. The third-order valence-electron chi connectivity index (χ3n) is 3.03. The van der Waals surface area contributed by atoms with Gasteiger partial charge in [-0.3, -0.25) is 0 Å². The summed E-state index contributed by atoms with van der Waals surface area (Å²) in [5.41, 5.74) is 1.43. The highest BCUT2D eigenvalue weighted by atomic mass is 35.5. The second kappa shape index (κ2) is 6.09. The first-order valence-corrected chi connectivity index (χ1v) is 7.00. The predicted molar refractivity (Wildman–Crippen MR) is 81.1 cm³/mol. The Kier molecular flexibility index (Phi) is 3.98. The van der Waals surface area contributed by atoms with Crippen LogP contribution in [0.25, 0.3) is 11.3 Å². The highest BCUT2D eigenvalue weighted by Crippen LogP contribution is 2.20. The lowest BCUT2D eigenvalue weighted by Crippen LogP contribution is -2.14. The van der Waals surface area contributed by atoms with Crippen molar-refractivity contribution >= 4 is 17.6 Å². The van der Waals surface area contributed by atoms with Gasteiger partial charge in [0.2, 0.25) is 0 Å². The molecule has 9 heteroatoms. The highest BCUT2D eigenvalue weighted by molar-refractivity contribution is 6.30. The normalized spacial score (nSPS) is 10.7. The maximum atomic E-state index is 11.3. The summed E-state index contributed by atoms with van der Waals surface area (Å²) in [4.78, 5) is 21.0. The van der Waals surface area contributed by atoms with Gasteiger partial charge in [-0.1, -0.05) is 23.7 Å². The van der Waals surface area contributed by atoms with Crippen LogP contribution in [0.1, 0.15) is 22.0 Å². The molecule has 0 aliphatic rings. The van der Waals surface area contributed by atoms with E-state index in [2.05, 4.69) is 25.4 Å². The van der Waals surface area contributed by atoms with E-state index < -0.39 is 5.97 Å². The van der Waals surface area contributed by atoms with Crippen LogP contribution in [0.5, 0.6) is 0 Å². The quantitative estimate of drug-likeness (QED) is 0.777. The van der Waals surface area contributed by atoms with E-state index in [0.29, 0.717) is 16.5 Å². The minimum absolute atomic E-state index is 0.0664. The van der Waals surface area contributed by atoms with Gasteiger partial charge in [0.15, 0.2) is 11.5 Å². The Hall–Kier alpha value is -2.87. The summed E-state index contributed by atoms with van der Waals surface area (Å²) in [7, 11) is 0. The first-order chi connectivity index (χ1) is 11.0. The molecule has 0 bridgehead atoms. The van der Waals surface area contributed by atoms with E-state index in [0.717, 1.165) is 5.56 Å². The predicted octanol–water partition coefficient (Wildman–Crippen LogP) is 1.84. The minimum atomic E-state index is -1.16. The molecule has 116 valence electrons. The van der Waals surface area contributed by atoms with Gasteiger partial charge in [0.1, 0.15) is 6.54 Å². The molecular weight excluding hydrogens is 320 g/mol. The van der Waals surface area contributed by atoms with E-state index in [-0.39, 0.29) is 17.9 Å². The summed E-state index contributed by atoms with van der Waals surface area (Å²) >= 11 is 5.87. The van der Waals surface area contributed by atoms with Crippen LogP contribution < -0.4 is 0 Å². The Balaban J connectivity index is 2.02. The average Bonchev–Trinajstić information content (AvgIpc) is 2.93. The molecule has 0 aliphatic heterocycles. The number of aryl methyl sites for hydroxylation is 1. The van der Waals surface area contributed by atoms with Crippen LogP contribution in [0, 0.1) is 6.92 Å². The molecule has 0 fully saturated rings. The fourth-order valence-electron chi connectivity index (χ4n) is 2.00. The van der Waals surface area contributed by atoms with Crippen LogP contribution in [0.2, 0.25) is 5.02 Å². The van der Waals surface area contributed by atoms with Crippen molar-refractivity contribution in [3.8, 4) is 11.3 Å². The van der Waals surface area contributed by atoms with Crippen LogP contribution in [0.3, 0.4) is 0 Å². The molecule has 1 N–H and O–H groups in total. The number of tetrazole rings is 1. The number of carbonyl (C=O) groups is 1. The van der Waals surface area contributed by atoms with E-state index >= 15 is 0 Å². The molecular formula is C14H11ClN6O2. The molecule has 0 spiro atoms. The topological polar surface area (TPSA) is 107 Å². The number of aromatic carboxylic acids is 1. The average molecular weight is 331 g/mol. The number of hydrogen-bond donors (Lipinski definition) is 1. The first kappa shape index (κ1) is 15.0. The molecule has 0 saturated carbocycles. The van der Waals surface area contributed by atoms with Gasteiger partial charge in [-0.15, -0.1) is 10.2 Å². The highest BCUT2D eigenvalue weighted by Gasteiger charge is 2.16. The van der Waals surface area contributed by atoms with E-state index in [1.54, 1.807) is 31.2 Å². The van der Waals surface area contributed by atoms with Gasteiger partial charge in [-0.05, 0) is 24.3 Å².